The zero-order chi connectivity index (χ0) is 17.0. The second kappa shape index (κ2) is 7.99. The van der Waals surface area contributed by atoms with Crippen LogP contribution in [0.25, 0.3) is 0 Å². The fraction of sp³-hybridized carbons (Fsp3) is 0.188. The number of carbonyl (C=O) groups excluding carboxylic acids is 1. The molecule has 0 fully saturated rings. The first-order valence-electron chi connectivity index (χ1n) is 6.69. The molecule has 2 aromatic rings. The molecular formula is C16H13Cl2F2NOS. The molecule has 0 spiro atoms. The normalized spacial score (nSPS) is 12.0. The molecule has 0 aliphatic carbocycles. The minimum absolute atomic E-state index is 0.271. The Morgan fingerprint density at radius 3 is 2.43 bits per heavy atom. The van der Waals surface area contributed by atoms with Crippen LogP contribution in [0.15, 0.2) is 36.4 Å². The van der Waals surface area contributed by atoms with Gasteiger partial charge in [-0.15, -0.1) is 11.8 Å². The van der Waals surface area contributed by atoms with E-state index in [2.05, 4.69) is 5.32 Å². The number of benzene rings is 2. The number of thioether (sulfide) groups is 1. The van der Waals surface area contributed by atoms with Crippen LogP contribution in [0.5, 0.6) is 0 Å². The summed E-state index contributed by atoms with van der Waals surface area (Å²) in [5, 5.41) is 2.96. The van der Waals surface area contributed by atoms with Gasteiger partial charge in [-0.1, -0.05) is 35.3 Å². The summed E-state index contributed by atoms with van der Waals surface area (Å²) < 4.78 is 26.0. The van der Waals surface area contributed by atoms with E-state index < -0.39 is 16.9 Å². The lowest BCUT2D eigenvalue weighted by atomic mass is 10.2. The molecule has 2 aromatic carbocycles. The minimum Gasteiger partial charge on any atom is -0.323 e. The highest BCUT2D eigenvalue weighted by Gasteiger charge is 2.17. The Balaban J connectivity index is 1.96. The van der Waals surface area contributed by atoms with Crippen LogP contribution in [0.3, 0.4) is 0 Å². The number of anilines is 1. The maximum absolute atomic E-state index is 13.1. The lowest BCUT2D eigenvalue weighted by molar-refractivity contribution is -0.115. The SMILES string of the molecule is CC(SCc1ccc(F)c(F)c1)C(=O)Nc1c(Cl)cccc1Cl. The first-order chi connectivity index (χ1) is 10.9. The zero-order valence-corrected chi connectivity index (χ0v) is 14.4. The Hall–Kier alpha value is -1.30. The Morgan fingerprint density at radius 2 is 1.83 bits per heavy atom. The molecule has 0 aliphatic rings. The fourth-order valence-electron chi connectivity index (χ4n) is 1.77. The summed E-state index contributed by atoms with van der Waals surface area (Å²) in [6.07, 6.45) is 0. The number of carbonyl (C=O) groups is 1. The number of amides is 1. The molecule has 2 nitrogen and oxygen atoms in total. The summed E-state index contributed by atoms with van der Waals surface area (Å²) in [4.78, 5) is 12.2. The van der Waals surface area contributed by atoms with Crippen LogP contribution in [0.1, 0.15) is 12.5 Å². The third-order valence-corrected chi connectivity index (χ3v) is 4.91. The maximum Gasteiger partial charge on any atom is 0.237 e. The first-order valence-corrected chi connectivity index (χ1v) is 8.49. The van der Waals surface area contributed by atoms with Crippen LogP contribution < -0.4 is 5.32 Å². The van der Waals surface area contributed by atoms with E-state index in [0.29, 0.717) is 27.0 Å². The Bertz CT molecular complexity index is 707. The molecular weight excluding hydrogens is 363 g/mol. The van der Waals surface area contributed by atoms with Crippen LogP contribution in [-0.2, 0) is 10.5 Å². The van der Waals surface area contributed by atoms with Crippen LogP contribution in [0.2, 0.25) is 10.0 Å². The lowest BCUT2D eigenvalue weighted by Gasteiger charge is -2.14. The average molecular weight is 376 g/mol. The third kappa shape index (κ3) is 4.83. The summed E-state index contributed by atoms with van der Waals surface area (Å²) in [5.74, 6) is -1.68. The van der Waals surface area contributed by atoms with Gasteiger partial charge in [-0.05, 0) is 36.8 Å². The molecule has 0 saturated heterocycles. The monoisotopic (exact) mass is 375 g/mol. The van der Waals surface area contributed by atoms with Gasteiger partial charge in [-0.2, -0.15) is 0 Å². The van der Waals surface area contributed by atoms with Gasteiger partial charge in [0.25, 0.3) is 0 Å². The molecule has 0 aromatic heterocycles. The molecule has 0 heterocycles. The molecule has 1 amide bonds. The van der Waals surface area contributed by atoms with Crippen molar-refractivity contribution >= 4 is 46.6 Å². The van der Waals surface area contributed by atoms with Gasteiger partial charge in [0.15, 0.2) is 11.6 Å². The highest BCUT2D eigenvalue weighted by atomic mass is 35.5. The van der Waals surface area contributed by atoms with Crippen LogP contribution >= 0.6 is 35.0 Å². The lowest BCUT2D eigenvalue weighted by Crippen LogP contribution is -2.23. The molecule has 1 atom stereocenters. The first kappa shape index (κ1) is 18.0. The quantitative estimate of drug-likeness (QED) is 0.743. The van der Waals surface area contributed by atoms with Crippen molar-refractivity contribution in [3.63, 3.8) is 0 Å². The van der Waals surface area contributed by atoms with Crippen molar-refractivity contribution in [2.45, 2.75) is 17.9 Å². The number of hydrogen-bond acceptors (Lipinski definition) is 2. The van der Waals surface area contributed by atoms with Crippen LogP contribution in [0, 0.1) is 11.6 Å². The highest BCUT2D eigenvalue weighted by Crippen LogP contribution is 2.30. The third-order valence-electron chi connectivity index (χ3n) is 3.06. The molecule has 122 valence electrons. The zero-order valence-electron chi connectivity index (χ0n) is 12.1. The van der Waals surface area contributed by atoms with Gasteiger partial charge < -0.3 is 5.32 Å². The van der Waals surface area contributed by atoms with E-state index >= 15 is 0 Å². The summed E-state index contributed by atoms with van der Waals surface area (Å²) in [6, 6.07) is 8.62. The molecule has 0 aliphatic heterocycles. The topological polar surface area (TPSA) is 29.1 Å². The van der Waals surface area contributed by atoms with Gasteiger partial charge in [0, 0.05) is 5.75 Å². The van der Waals surface area contributed by atoms with Crippen molar-refractivity contribution < 1.29 is 13.6 Å². The maximum atomic E-state index is 13.1. The molecule has 0 saturated carbocycles. The molecule has 0 radical (unpaired) electrons. The molecule has 0 bridgehead atoms. The smallest absolute Gasteiger partial charge is 0.237 e. The summed E-state index contributed by atoms with van der Waals surface area (Å²) in [6.45, 7) is 1.71. The van der Waals surface area contributed by atoms with E-state index in [0.717, 1.165) is 12.1 Å². The van der Waals surface area contributed by atoms with E-state index in [-0.39, 0.29) is 5.91 Å². The van der Waals surface area contributed by atoms with E-state index in [1.54, 1.807) is 25.1 Å². The molecule has 2 rings (SSSR count). The van der Waals surface area contributed by atoms with Crippen molar-refractivity contribution in [3.05, 3.63) is 63.6 Å². The number of nitrogens with one attached hydrogen (secondary N) is 1. The standard InChI is InChI=1S/C16H13Cl2F2NOS/c1-9(23-8-10-5-6-13(19)14(20)7-10)16(22)21-15-11(17)3-2-4-12(15)18/h2-7,9H,8H2,1H3,(H,21,22). The van der Waals surface area contributed by atoms with Crippen molar-refractivity contribution in [2.75, 3.05) is 5.32 Å². The van der Waals surface area contributed by atoms with Gasteiger partial charge in [0.1, 0.15) is 0 Å². The Labute approximate surface area is 147 Å². The van der Waals surface area contributed by atoms with E-state index in [9.17, 15) is 13.6 Å². The van der Waals surface area contributed by atoms with Gasteiger partial charge in [-0.25, -0.2) is 8.78 Å². The molecule has 1 N–H and O–H groups in total. The van der Waals surface area contributed by atoms with Gasteiger partial charge >= 0.3 is 0 Å². The highest BCUT2D eigenvalue weighted by molar-refractivity contribution is 7.99. The minimum atomic E-state index is -0.900. The summed E-state index contributed by atoms with van der Waals surface area (Å²) >= 11 is 13.3. The average Bonchev–Trinajstić information content (AvgIpc) is 2.51. The number of hydrogen-bond donors (Lipinski definition) is 1. The van der Waals surface area contributed by atoms with Crippen molar-refractivity contribution in [1.29, 1.82) is 0 Å². The molecule has 7 heteroatoms. The van der Waals surface area contributed by atoms with Crippen LogP contribution in [-0.4, -0.2) is 11.2 Å². The summed E-state index contributed by atoms with van der Waals surface area (Å²) in [5.41, 5.74) is 0.963. The molecule has 23 heavy (non-hydrogen) atoms. The second-order valence-electron chi connectivity index (χ2n) is 4.79. The van der Waals surface area contributed by atoms with Crippen molar-refractivity contribution in [2.24, 2.45) is 0 Å². The number of para-hydroxylation sites is 1. The summed E-state index contributed by atoms with van der Waals surface area (Å²) in [7, 11) is 0. The van der Waals surface area contributed by atoms with E-state index in [1.165, 1.54) is 17.8 Å². The largest absolute Gasteiger partial charge is 0.323 e. The van der Waals surface area contributed by atoms with E-state index in [1.807, 2.05) is 0 Å². The van der Waals surface area contributed by atoms with Gasteiger partial charge in [0.05, 0.1) is 21.0 Å². The van der Waals surface area contributed by atoms with Crippen molar-refractivity contribution in [1.82, 2.24) is 0 Å². The second-order valence-corrected chi connectivity index (χ2v) is 6.93. The molecule has 1 unspecified atom stereocenters. The van der Waals surface area contributed by atoms with Gasteiger partial charge in [-0.3, -0.25) is 4.79 Å². The number of rotatable bonds is 5. The fourth-order valence-corrected chi connectivity index (χ4v) is 3.09. The van der Waals surface area contributed by atoms with E-state index in [4.69, 9.17) is 23.2 Å². The number of halogens is 4. The van der Waals surface area contributed by atoms with Crippen molar-refractivity contribution in [3.8, 4) is 0 Å². The Morgan fingerprint density at radius 1 is 1.17 bits per heavy atom. The Kier molecular flexibility index (Phi) is 6.27. The predicted molar refractivity (Wildman–Crippen MR) is 92.2 cm³/mol. The van der Waals surface area contributed by atoms with Gasteiger partial charge in [0.2, 0.25) is 5.91 Å². The van der Waals surface area contributed by atoms with Crippen LogP contribution in [0.4, 0.5) is 14.5 Å². The predicted octanol–water partition coefficient (Wildman–Crippen LogP) is 5.53.